The number of nitrogens with zero attached hydrogens (tertiary/aromatic N) is 3. The molecule has 1 heterocycles. The van der Waals surface area contributed by atoms with Gasteiger partial charge in [-0.1, -0.05) is 6.07 Å². The number of methoxy groups -OCH3 is 2. The first-order chi connectivity index (χ1) is 12.8. The molecule has 7 heteroatoms. The minimum Gasteiger partial charge on any atom is -0.493 e. The molecule has 0 saturated carbocycles. The molecule has 0 fully saturated rings. The third-order valence-electron chi connectivity index (χ3n) is 3.87. The molecular formula is C19H29N5O2. The summed E-state index contributed by atoms with van der Waals surface area (Å²) in [6.45, 7) is 5.32. The Kier molecular flexibility index (Phi) is 8.32. The topological polar surface area (TPSA) is 72.7 Å². The predicted octanol–water partition coefficient (Wildman–Crippen LogP) is 2.09. The summed E-state index contributed by atoms with van der Waals surface area (Å²) in [6.07, 6.45) is 5.59. The summed E-state index contributed by atoms with van der Waals surface area (Å²) in [6, 6.07) is 7.93. The van der Waals surface area contributed by atoms with Gasteiger partial charge in [0.25, 0.3) is 0 Å². The second-order valence-corrected chi connectivity index (χ2v) is 5.75. The van der Waals surface area contributed by atoms with Gasteiger partial charge >= 0.3 is 0 Å². The Morgan fingerprint density at radius 3 is 2.73 bits per heavy atom. The first-order valence-corrected chi connectivity index (χ1v) is 8.97. The van der Waals surface area contributed by atoms with Gasteiger partial charge in [0, 0.05) is 38.6 Å². The molecule has 2 rings (SSSR count). The number of aryl methyl sites for hydroxylation is 1. The Labute approximate surface area is 155 Å². The van der Waals surface area contributed by atoms with Crippen LogP contribution in [0.5, 0.6) is 11.5 Å². The summed E-state index contributed by atoms with van der Waals surface area (Å²) in [5.41, 5.74) is 1.18. The Balaban J connectivity index is 1.79. The second kappa shape index (κ2) is 11.0. The Morgan fingerprint density at radius 1 is 1.19 bits per heavy atom. The molecule has 0 saturated heterocycles. The number of aliphatic imine (C=N–C) groups is 1. The van der Waals surface area contributed by atoms with Crippen LogP contribution in [-0.4, -0.2) is 49.6 Å². The van der Waals surface area contributed by atoms with Crippen molar-refractivity contribution in [3.8, 4) is 11.5 Å². The minimum atomic E-state index is 0.747. The first-order valence-electron chi connectivity index (χ1n) is 8.97. The van der Waals surface area contributed by atoms with Crippen molar-refractivity contribution in [2.24, 2.45) is 4.99 Å². The van der Waals surface area contributed by atoms with Crippen LogP contribution in [0.2, 0.25) is 0 Å². The lowest BCUT2D eigenvalue weighted by molar-refractivity contribution is 0.354. The van der Waals surface area contributed by atoms with Crippen LogP contribution in [0.15, 0.2) is 41.7 Å². The highest BCUT2D eigenvalue weighted by molar-refractivity contribution is 5.79. The zero-order valence-corrected chi connectivity index (χ0v) is 15.9. The number of ether oxygens (including phenoxy) is 2. The highest BCUT2D eigenvalue weighted by Gasteiger charge is 2.05. The minimum absolute atomic E-state index is 0.747. The van der Waals surface area contributed by atoms with Crippen molar-refractivity contribution in [3.05, 3.63) is 42.2 Å². The summed E-state index contributed by atoms with van der Waals surface area (Å²) in [5, 5.41) is 10.8. The number of aromatic nitrogens is 2. The van der Waals surface area contributed by atoms with Gasteiger partial charge in [-0.2, -0.15) is 5.10 Å². The molecule has 0 bridgehead atoms. The molecule has 1 aromatic carbocycles. The van der Waals surface area contributed by atoms with Crippen LogP contribution < -0.4 is 20.1 Å². The molecule has 7 nitrogen and oxygen atoms in total. The molecule has 0 aliphatic carbocycles. The molecule has 0 spiro atoms. The molecule has 0 radical (unpaired) electrons. The van der Waals surface area contributed by atoms with E-state index in [0.717, 1.165) is 56.5 Å². The van der Waals surface area contributed by atoms with Crippen molar-refractivity contribution < 1.29 is 9.47 Å². The molecule has 2 aromatic rings. The van der Waals surface area contributed by atoms with E-state index in [4.69, 9.17) is 9.47 Å². The standard InChI is InChI=1S/C19H29N5O2/c1-4-20-19(21-10-5-13-24-14-6-11-23-24)22-12-9-16-7-8-17(25-2)18(15-16)26-3/h6-8,11,14-15H,4-5,9-10,12-13H2,1-3H3,(H2,20,21,22). The van der Waals surface area contributed by atoms with E-state index in [0.29, 0.717) is 0 Å². The van der Waals surface area contributed by atoms with Crippen molar-refractivity contribution in [1.29, 1.82) is 0 Å². The Morgan fingerprint density at radius 2 is 2.04 bits per heavy atom. The molecule has 26 heavy (non-hydrogen) atoms. The van der Waals surface area contributed by atoms with Gasteiger partial charge in [0.15, 0.2) is 17.5 Å². The summed E-state index contributed by atoms with van der Waals surface area (Å²) in [5.74, 6) is 2.34. The maximum absolute atomic E-state index is 5.35. The summed E-state index contributed by atoms with van der Waals surface area (Å²) in [4.78, 5) is 4.61. The smallest absolute Gasteiger partial charge is 0.191 e. The Hall–Kier alpha value is -2.70. The van der Waals surface area contributed by atoms with Gasteiger partial charge in [-0.3, -0.25) is 9.67 Å². The van der Waals surface area contributed by atoms with E-state index in [-0.39, 0.29) is 0 Å². The van der Waals surface area contributed by atoms with E-state index in [1.807, 2.05) is 29.1 Å². The molecule has 0 atom stereocenters. The number of nitrogens with one attached hydrogen (secondary N) is 2. The normalized spacial score (nSPS) is 11.3. The Bertz CT molecular complexity index is 671. The van der Waals surface area contributed by atoms with Crippen molar-refractivity contribution in [2.45, 2.75) is 26.3 Å². The molecule has 2 N–H and O–H groups in total. The number of hydrogen-bond donors (Lipinski definition) is 2. The SMILES string of the molecule is CCNC(=NCCCn1cccn1)NCCc1ccc(OC)c(OC)c1. The van der Waals surface area contributed by atoms with Crippen LogP contribution in [-0.2, 0) is 13.0 Å². The van der Waals surface area contributed by atoms with Crippen LogP contribution in [0, 0.1) is 0 Å². The average molecular weight is 359 g/mol. The van der Waals surface area contributed by atoms with Gasteiger partial charge < -0.3 is 20.1 Å². The molecule has 142 valence electrons. The van der Waals surface area contributed by atoms with E-state index < -0.39 is 0 Å². The van der Waals surface area contributed by atoms with E-state index in [1.165, 1.54) is 5.56 Å². The number of rotatable bonds is 10. The van der Waals surface area contributed by atoms with Gasteiger partial charge in [-0.25, -0.2) is 0 Å². The van der Waals surface area contributed by atoms with Gasteiger partial charge in [-0.15, -0.1) is 0 Å². The van der Waals surface area contributed by atoms with Gasteiger partial charge in [0.1, 0.15) is 0 Å². The number of guanidine groups is 1. The first kappa shape index (κ1) is 19.6. The largest absolute Gasteiger partial charge is 0.493 e. The maximum Gasteiger partial charge on any atom is 0.191 e. The monoisotopic (exact) mass is 359 g/mol. The van der Waals surface area contributed by atoms with Crippen LogP contribution in [0.25, 0.3) is 0 Å². The van der Waals surface area contributed by atoms with Crippen molar-refractivity contribution in [1.82, 2.24) is 20.4 Å². The second-order valence-electron chi connectivity index (χ2n) is 5.75. The highest BCUT2D eigenvalue weighted by Crippen LogP contribution is 2.27. The number of benzene rings is 1. The fourth-order valence-electron chi connectivity index (χ4n) is 2.56. The maximum atomic E-state index is 5.35. The molecule has 0 unspecified atom stereocenters. The molecule has 0 aliphatic heterocycles. The van der Waals surface area contributed by atoms with Crippen molar-refractivity contribution in [2.75, 3.05) is 33.9 Å². The summed E-state index contributed by atoms with van der Waals surface area (Å²) >= 11 is 0. The highest BCUT2D eigenvalue weighted by atomic mass is 16.5. The lowest BCUT2D eigenvalue weighted by Gasteiger charge is -2.12. The average Bonchev–Trinajstić information content (AvgIpc) is 3.18. The lowest BCUT2D eigenvalue weighted by Crippen LogP contribution is -2.38. The zero-order chi connectivity index (χ0) is 18.6. The van der Waals surface area contributed by atoms with Crippen LogP contribution in [0.1, 0.15) is 18.9 Å². The summed E-state index contributed by atoms with van der Waals surface area (Å²) < 4.78 is 12.5. The van der Waals surface area contributed by atoms with E-state index >= 15 is 0 Å². The van der Waals surface area contributed by atoms with Crippen LogP contribution in [0.3, 0.4) is 0 Å². The van der Waals surface area contributed by atoms with Gasteiger partial charge in [-0.05, 0) is 43.5 Å². The summed E-state index contributed by atoms with van der Waals surface area (Å²) in [7, 11) is 3.30. The molecule has 0 amide bonds. The quantitative estimate of drug-likeness (QED) is 0.386. The lowest BCUT2D eigenvalue weighted by atomic mass is 10.1. The fraction of sp³-hybridized carbons (Fsp3) is 0.474. The fourth-order valence-corrected chi connectivity index (χ4v) is 2.56. The zero-order valence-electron chi connectivity index (χ0n) is 15.9. The van der Waals surface area contributed by atoms with Crippen molar-refractivity contribution in [3.63, 3.8) is 0 Å². The third kappa shape index (κ3) is 6.31. The van der Waals surface area contributed by atoms with Crippen LogP contribution in [0.4, 0.5) is 0 Å². The number of hydrogen-bond acceptors (Lipinski definition) is 4. The van der Waals surface area contributed by atoms with E-state index in [1.54, 1.807) is 20.4 Å². The molecule has 1 aromatic heterocycles. The van der Waals surface area contributed by atoms with Crippen LogP contribution >= 0.6 is 0 Å². The van der Waals surface area contributed by atoms with Gasteiger partial charge in [0.2, 0.25) is 0 Å². The third-order valence-corrected chi connectivity index (χ3v) is 3.87. The van der Waals surface area contributed by atoms with E-state index in [2.05, 4.69) is 33.7 Å². The predicted molar refractivity (Wildman–Crippen MR) is 104 cm³/mol. The molecular weight excluding hydrogens is 330 g/mol. The van der Waals surface area contributed by atoms with Crippen molar-refractivity contribution >= 4 is 5.96 Å². The van der Waals surface area contributed by atoms with Gasteiger partial charge in [0.05, 0.1) is 14.2 Å². The van der Waals surface area contributed by atoms with E-state index in [9.17, 15) is 0 Å². The molecule has 0 aliphatic rings.